The van der Waals surface area contributed by atoms with Crippen LogP contribution in [0.2, 0.25) is 0 Å². The Morgan fingerprint density at radius 1 is 1.41 bits per heavy atom. The van der Waals surface area contributed by atoms with Crippen LogP contribution in [0.15, 0.2) is 0 Å². The van der Waals surface area contributed by atoms with Gasteiger partial charge < -0.3 is 15.6 Å². The van der Waals surface area contributed by atoms with E-state index in [1.54, 1.807) is 0 Å². The van der Waals surface area contributed by atoms with E-state index in [1.165, 1.54) is 0 Å². The third kappa shape index (κ3) is 4.54. The first kappa shape index (κ1) is 14.9. The van der Waals surface area contributed by atoms with Crippen LogP contribution in [0.1, 0.15) is 34.1 Å². The first-order valence-corrected chi connectivity index (χ1v) is 6.60. The van der Waals surface area contributed by atoms with Gasteiger partial charge in [-0.05, 0) is 26.2 Å². The van der Waals surface area contributed by atoms with Crippen LogP contribution in [-0.4, -0.2) is 54.0 Å². The summed E-state index contributed by atoms with van der Waals surface area (Å²) in [7, 11) is 0. The molecule has 0 spiro atoms. The third-order valence-corrected chi connectivity index (χ3v) is 3.35. The van der Waals surface area contributed by atoms with Gasteiger partial charge in [0.1, 0.15) is 0 Å². The fourth-order valence-corrected chi connectivity index (χ4v) is 2.56. The Morgan fingerprint density at radius 2 is 2.06 bits per heavy atom. The molecule has 1 fully saturated rings. The van der Waals surface area contributed by atoms with Gasteiger partial charge in [0.05, 0.1) is 18.8 Å². The normalized spacial score (nSPS) is 24.9. The van der Waals surface area contributed by atoms with E-state index in [0.717, 1.165) is 26.1 Å². The monoisotopic (exact) mass is 244 g/mol. The van der Waals surface area contributed by atoms with Crippen molar-refractivity contribution in [3.8, 4) is 0 Å². The zero-order valence-electron chi connectivity index (χ0n) is 11.6. The van der Waals surface area contributed by atoms with Gasteiger partial charge in [-0.3, -0.25) is 4.90 Å². The SMILES string of the molecule is CC(C)CC(N)C(CO)N1CCOC(C)(C)C1. The van der Waals surface area contributed by atoms with Gasteiger partial charge in [0.15, 0.2) is 0 Å². The Labute approximate surface area is 105 Å². The number of ether oxygens (including phenoxy) is 1. The number of hydrogen-bond donors (Lipinski definition) is 2. The summed E-state index contributed by atoms with van der Waals surface area (Å²) in [5.41, 5.74) is 6.07. The maximum atomic E-state index is 9.57. The highest BCUT2D eigenvalue weighted by Gasteiger charge is 2.33. The highest BCUT2D eigenvalue weighted by atomic mass is 16.5. The van der Waals surface area contributed by atoms with Crippen LogP contribution in [0.5, 0.6) is 0 Å². The van der Waals surface area contributed by atoms with Crippen LogP contribution in [0.3, 0.4) is 0 Å². The van der Waals surface area contributed by atoms with Gasteiger partial charge in [0.25, 0.3) is 0 Å². The second-order valence-electron chi connectivity index (χ2n) is 6.12. The molecular weight excluding hydrogens is 216 g/mol. The van der Waals surface area contributed by atoms with Gasteiger partial charge in [-0.25, -0.2) is 0 Å². The molecule has 4 nitrogen and oxygen atoms in total. The van der Waals surface area contributed by atoms with E-state index in [0.29, 0.717) is 5.92 Å². The highest BCUT2D eigenvalue weighted by molar-refractivity contribution is 4.88. The average molecular weight is 244 g/mol. The van der Waals surface area contributed by atoms with E-state index in [9.17, 15) is 5.11 Å². The molecule has 0 amide bonds. The van der Waals surface area contributed by atoms with Crippen molar-refractivity contribution in [2.45, 2.75) is 51.8 Å². The Hall–Kier alpha value is -0.160. The van der Waals surface area contributed by atoms with Gasteiger partial charge in [0.2, 0.25) is 0 Å². The van der Waals surface area contributed by atoms with E-state index in [4.69, 9.17) is 10.5 Å². The lowest BCUT2D eigenvalue weighted by atomic mass is 9.95. The van der Waals surface area contributed by atoms with Crippen molar-refractivity contribution in [3.05, 3.63) is 0 Å². The van der Waals surface area contributed by atoms with Crippen molar-refractivity contribution < 1.29 is 9.84 Å². The molecular formula is C13H28N2O2. The van der Waals surface area contributed by atoms with Gasteiger partial charge in [-0.2, -0.15) is 0 Å². The maximum absolute atomic E-state index is 9.57. The summed E-state index contributed by atoms with van der Waals surface area (Å²) in [4.78, 5) is 2.27. The molecule has 0 saturated carbocycles. The predicted octanol–water partition coefficient (Wildman–Crippen LogP) is 0.832. The molecule has 1 aliphatic heterocycles. The van der Waals surface area contributed by atoms with E-state index >= 15 is 0 Å². The van der Waals surface area contributed by atoms with Gasteiger partial charge in [-0.1, -0.05) is 13.8 Å². The minimum atomic E-state index is -0.136. The Balaban J connectivity index is 2.60. The lowest BCUT2D eigenvalue weighted by molar-refractivity contribution is -0.105. The Bertz CT molecular complexity index is 231. The molecule has 4 heteroatoms. The first-order valence-electron chi connectivity index (χ1n) is 6.60. The fourth-order valence-electron chi connectivity index (χ4n) is 2.56. The van der Waals surface area contributed by atoms with Crippen LogP contribution in [0.4, 0.5) is 0 Å². The molecule has 0 bridgehead atoms. The average Bonchev–Trinajstić information content (AvgIpc) is 2.15. The topological polar surface area (TPSA) is 58.7 Å². The van der Waals surface area contributed by atoms with Crippen molar-refractivity contribution in [2.75, 3.05) is 26.3 Å². The summed E-state index contributed by atoms with van der Waals surface area (Å²) < 4.78 is 5.69. The second kappa shape index (κ2) is 6.14. The van der Waals surface area contributed by atoms with Crippen LogP contribution >= 0.6 is 0 Å². The number of aliphatic hydroxyl groups is 1. The first-order chi connectivity index (χ1) is 7.85. The molecule has 2 unspecified atom stereocenters. The van der Waals surface area contributed by atoms with Crippen molar-refractivity contribution in [2.24, 2.45) is 11.7 Å². The van der Waals surface area contributed by atoms with Crippen LogP contribution in [0.25, 0.3) is 0 Å². The molecule has 0 aromatic heterocycles. The molecule has 3 N–H and O–H groups in total. The molecule has 0 aromatic rings. The lowest BCUT2D eigenvalue weighted by Gasteiger charge is -2.43. The zero-order valence-corrected chi connectivity index (χ0v) is 11.6. The summed E-state index contributed by atoms with van der Waals surface area (Å²) in [5, 5.41) is 9.57. The number of rotatable bonds is 5. The quantitative estimate of drug-likeness (QED) is 0.752. The molecule has 1 saturated heterocycles. The molecule has 0 aromatic carbocycles. The Kier molecular flexibility index (Phi) is 5.38. The Morgan fingerprint density at radius 3 is 2.53 bits per heavy atom. The van der Waals surface area contributed by atoms with Gasteiger partial charge >= 0.3 is 0 Å². The smallest absolute Gasteiger partial charge is 0.0753 e. The molecule has 1 rings (SSSR count). The molecule has 0 radical (unpaired) electrons. The van der Waals surface area contributed by atoms with Crippen LogP contribution in [-0.2, 0) is 4.74 Å². The fraction of sp³-hybridized carbons (Fsp3) is 1.00. The summed E-state index contributed by atoms with van der Waals surface area (Å²) in [5.74, 6) is 0.563. The summed E-state index contributed by atoms with van der Waals surface area (Å²) in [6, 6.07) is 0.0921. The number of morpholine rings is 1. The second-order valence-corrected chi connectivity index (χ2v) is 6.12. The number of nitrogens with zero attached hydrogens (tertiary/aromatic N) is 1. The molecule has 17 heavy (non-hydrogen) atoms. The van der Waals surface area contributed by atoms with E-state index in [-0.39, 0.29) is 24.3 Å². The minimum Gasteiger partial charge on any atom is -0.395 e. The summed E-state index contributed by atoms with van der Waals surface area (Å²) in [6.45, 7) is 11.0. The van der Waals surface area contributed by atoms with Crippen molar-refractivity contribution in [1.29, 1.82) is 0 Å². The van der Waals surface area contributed by atoms with Crippen molar-refractivity contribution in [1.82, 2.24) is 4.90 Å². The molecule has 2 atom stereocenters. The van der Waals surface area contributed by atoms with Gasteiger partial charge in [0, 0.05) is 25.2 Å². The van der Waals surface area contributed by atoms with Crippen molar-refractivity contribution >= 4 is 0 Å². The molecule has 102 valence electrons. The van der Waals surface area contributed by atoms with E-state index in [2.05, 4.69) is 32.6 Å². The molecule has 1 heterocycles. The lowest BCUT2D eigenvalue weighted by Crippen LogP contribution is -2.58. The maximum Gasteiger partial charge on any atom is 0.0753 e. The van der Waals surface area contributed by atoms with Gasteiger partial charge in [-0.15, -0.1) is 0 Å². The number of hydrogen-bond acceptors (Lipinski definition) is 4. The minimum absolute atomic E-state index is 0.0360. The summed E-state index contributed by atoms with van der Waals surface area (Å²) >= 11 is 0. The van der Waals surface area contributed by atoms with E-state index < -0.39 is 0 Å². The van der Waals surface area contributed by atoms with Crippen LogP contribution < -0.4 is 5.73 Å². The highest BCUT2D eigenvalue weighted by Crippen LogP contribution is 2.20. The number of aliphatic hydroxyl groups excluding tert-OH is 1. The molecule has 1 aliphatic rings. The zero-order chi connectivity index (χ0) is 13.1. The standard InChI is InChI=1S/C13H28N2O2/c1-10(2)7-11(14)12(8-16)15-5-6-17-13(3,4)9-15/h10-12,16H,5-9,14H2,1-4H3. The van der Waals surface area contributed by atoms with E-state index in [1.807, 2.05) is 0 Å². The number of nitrogens with two attached hydrogens (primary N) is 1. The molecule has 0 aliphatic carbocycles. The summed E-state index contributed by atoms with van der Waals surface area (Å²) in [6.07, 6.45) is 0.947. The predicted molar refractivity (Wildman–Crippen MR) is 69.9 cm³/mol. The van der Waals surface area contributed by atoms with Crippen LogP contribution in [0, 0.1) is 5.92 Å². The third-order valence-electron chi connectivity index (χ3n) is 3.35. The van der Waals surface area contributed by atoms with Crippen molar-refractivity contribution in [3.63, 3.8) is 0 Å². The largest absolute Gasteiger partial charge is 0.395 e.